The smallest absolute Gasteiger partial charge is 0.312 e. The molecule has 11 atom stereocenters. The Morgan fingerprint density at radius 1 is 0.575 bits per heavy atom. The van der Waals surface area contributed by atoms with Crippen LogP contribution in [0.25, 0.3) is 21.8 Å². The Morgan fingerprint density at radius 3 is 1.69 bits per heavy atom. The molecule has 7 aromatic rings. The fraction of sp³-hybridized carbons (Fsp3) is 0.416. The van der Waals surface area contributed by atoms with Crippen LogP contribution in [0.5, 0.6) is 0 Å². The number of fused-ring (bicyclic) bond motifs is 2. The summed E-state index contributed by atoms with van der Waals surface area (Å²) in [6, 6.07) is 7.63. The highest BCUT2D eigenvalue weighted by molar-refractivity contribution is 8.00. The number of urea groups is 1. The van der Waals surface area contributed by atoms with E-state index in [1.807, 2.05) is 12.1 Å². The van der Waals surface area contributed by atoms with Gasteiger partial charge in [-0.2, -0.15) is 0 Å². The van der Waals surface area contributed by atoms with Gasteiger partial charge in [0.1, 0.15) is 66.6 Å². The van der Waals surface area contributed by atoms with Crippen LogP contribution in [-0.2, 0) is 104 Å². The number of pyridine rings is 2. The van der Waals surface area contributed by atoms with Gasteiger partial charge in [0.25, 0.3) is 0 Å². The molecule has 1 fully saturated rings. The number of rotatable bonds is 22. The van der Waals surface area contributed by atoms with E-state index in [1.165, 1.54) is 51.0 Å². The van der Waals surface area contributed by atoms with Crippen LogP contribution in [0.4, 0.5) is 4.79 Å². The van der Waals surface area contributed by atoms with Gasteiger partial charge in [0.15, 0.2) is 0 Å². The van der Waals surface area contributed by atoms with Crippen LogP contribution in [0.15, 0.2) is 128 Å². The summed E-state index contributed by atoms with van der Waals surface area (Å²) in [6.45, 7) is 2.35. The van der Waals surface area contributed by atoms with Gasteiger partial charge in [-0.05, 0) is 89.2 Å². The topological polar surface area (TPSA) is 517 Å². The lowest BCUT2D eigenvalue weighted by atomic mass is 9.99. The third kappa shape index (κ3) is 24.5. The first-order chi connectivity index (χ1) is 53.8. The van der Waals surface area contributed by atoms with Gasteiger partial charge >= 0.3 is 6.03 Å². The number of aliphatic hydroxyl groups excluding tert-OH is 2. The Balaban J connectivity index is 1.24. The molecule has 4 aromatic heterocycles. The predicted molar refractivity (Wildman–Crippen MR) is 420 cm³/mol. The minimum absolute atomic E-state index is 0.0405. The van der Waals surface area contributed by atoms with Gasteiger partial charge in [-0.1, -0.05) is 92.2 Å². The molecule has 0 bridgehead atoms. The first-order valence-corrected chi connectivity index (χ1v) is 38.1. The number of aliphatic hydroxyl groups is 2. The number of halogens is 1. The zero-order chi connectivity index (χ0) is 82.3. The van der Waals surface area contributed by atoms with Crippen molar-refractivity contribution in [1.29, 1.82) is 0 Å². The Morgan fingerprint density at radius 2 is 1.10 bits per heavy atom. The van der Waals surface area contributed by atoms with E-state index in [9.17, 15) is 39.0 Å². The maximum atomic E-state index is 15.6. The van der Waals surface area contributed by atoms with Crippen LogP contribution < -0.4 is 70.8 Å². The second kappa shape index (κ2) is 41.1. The van der Waals surface area contributed by atoms with Crippen molar-refractivity contribution in [2.45, 2.75) is 145 Å². The van der Waals surface area contributed by atoms with E-state index in [0.717, 1.165) is 27.1 Å². The molecule has 0 aliphatic carbocycles. The number of nitrogens with zero attached hydrogens (tertiary/aromatic N) is 6. The number of hydrogen-bond donors (Lipinski definition) is 15. The Labute approximate surface area is 661 Å². The number of para-hydroxylation sites is 2. The van der Waals surface area contributed by atoms with E-state index in [0.29, 0.717) is 49.1 Å². The van der Waals surface area contributed by atoms with Gasteiger partial charge in [-0.3, -0.25) is 67.5 Å². The highest BCUT2D eigenvalue weighted by Crippen LogP contribution is 2.29. The number of nitrogens with one attached hydrogen (secondary N) is 9. The average molecular weight is 1600 g/mol. The lowest BCUT2D eigenvalue weighted by molar-refractivity contribution is -0.144. The summed E-state index contributed by atoms with van der Waals surface area (Å²) < 4.78 is 3.52. The van der Waals surface area contributed by atoms with Gasteiger partial charge in [0, 0.05) is 126 Å². The van der Waals surface area contributed by atoms with E-state index in [-0.39, 0.29) is 75.6 Å². The zero-order valence-corrected chi connectivity index (χ0v) is 65.0. The van der Waals surface area contributed by atoms with Crippen LogP contribution in [0.3, 0.4) is 0 Å². The molecular weight excluding hydrogens is 1500 g/mol. The van der Waals surface area contributed by atoms with Crippen molar-refractivity contribution in [2.24, 2.45) is 42.9 Å². The van der Waals surface area contributed by atoms with Crippen molar-refractivity contribution < 1.29 is 72.5 Å². The molecule has 604 valence electrons. The van der Waals surface area contributed by atoms with Crippen molar-refractivity contribution in [3.05, 3.63) is 167 Å². The summed E-state index contributed by atoms with van der Waals surface area (Å²) in [5.74, 6) is -13.2. The maximum absolute atomic E-state index is 15.6. The normalized spacial score (nSPS) is 21.9. The quantitative estimate of drug-likeness (QED) is 0.0289. The summed E-state index contributed by atoms with van der Waals surface area (Å²) in [5.41, 5.74) is 26.7. The second-order valence-corrected chi connectivity index (χ2v) is 29.7. The molecule has 0 spiro atoms. The molecule has 1 unspecified atom stereocenters. The van der Waals surface area contributed by atoms with E-state index in [4.69, 9.17) is 34.5 Å². The van der Waals surface area contributed by atoms with Gasteiger partial charge in [-0.15, -0.1) is 11.8 Å². The first-order valence-electron chi connectivity index (χ1n) is 36.6. The Bertz CT molecular complexity index is 4590. The third-order valence-electron chi connectivity index (χ3n) is 19.2. The summed E-state index contributed by atoms with van der Waals surface area (Å²) in [6.07, 6.45) is 5.43. The highest BCUT2D eigenvalue weighted by atomic mass is 35.5. The molecule has 8 rings (SSSR count). The van der Waals surface area contributed by atoms with Crippen LogP contribution in [0.2, 0.25) is 5.02 Å². The number of nitrogens with two attached hydrogens (primary N) is 4. The summed E-state index contributed by atoms with van der Waals surface area (Å²) in [7, 11) is 5.96. The van der Waals surface area contributed by atoms with Gasteiger partial charge in [-0.25, -0.2) is 4.79 Å². The summed E-state index contributed by atoms with van der Waals surface area (Å²) >= 11 is 7.56. The van der Waals surface area contributed by atoms with E-state index in [1.54, 1.807) is 116 Å². The number of carbonyl (C=O) groups is 13. The van der Waals surface area contributed by atoms with Crippen LogP contribution >= 0.6 is 23.4 Å². The minimum Gasteiger partial charge on any atom is -0.394 e. The van der Waals surface area contributed by atoms with Crippen molar-refractivity contribution in [3.8, 4) is 0 Å². The largest absolute Gasteiger partial charge is 0.394 e. The van der Waals surface area contributed by atoms with Crippen molar-refractivity contribution >= 4 is 122 Å². The number of aromatic nitrogens is 4. The van der Waals surface area contributed by atoms with Crippen molar-refractivity contribution in [1.82, 2.24) is 76.8 Å². The third-order valence-corrected chi connectivity index (χ3v) is 20.6. The molecular formula is C77H98ClN19O15S. The number of carbonyl (C=O) groups excluding carboxylic acids is 13. The fourth-order valence-electron chi connectivity index (χ4n) is 13.4. The maximum Gasteiger partial charge on any atom is 0.312 e. The molecule has 1 saturated heterocycles. The van der Waals surface area contributed by atoms with Gasteiger partial charge in [0.05, 0.1) is 29.3 Å². The molecule has 5 heterocycles. The number of amides is 14. The van der Waals surface area contributed by atoms with Gasteiger partial charge < -0.3 is 99.9 Å². The molecule has 0 radical (unpaired) electrons. The average Bonchev–Trinajstić information content (AvgIpc) is 1.66. The molecule has 19 N–H and O–H groups in total. The molecule has 0 saturated carbocycles. The van der Waals surface area contributed by atoms with Crippen molar-refractivity contribution in [2.75, 3.05) is 38.8 Å². The first kappa shape index (κ1) is 87.1. The zero-order valence-electron chi connectivity index (χ0n) is 63.4. The molecule has 36 heteroatoms. The van der Waals surface area contributed by atoms with Gasteiger partial charge in [0.2, 0.25) is 70.9 Å². The van der Waals surface area contributed by atoms with Crippen molar-refractivity contribution in [3.63, 3.8) is 0 Å². The van der Waals surface area contributed by atoms with Crippen LogP contribution in [-0.4, -0.2) is 215 Å². The summed E-state index contributed by atoms with van der Waals surface area (Å²) in [4.78, 5) is 200. The number of hydrogen-bond acceptors (Lipinski definition) is 19. The Hall–Kier alpha value is -11.5. The number of thioether (sulfide) groups is 1. The second-order valence-electron chi connectivity index (χ2n) is 28.3. The number of primary amides is 3. The lowest BCUT2D eigenvalue weighted by Crippen LogP contribution is -2.62. The molecule has 113 heavy (non-hydrogen) atoms. The molecule has 14 amide bonds. The highest BCUT2D eigenvalue weighted by Gasteiger charge is 2.40. The lowest BCUT2D eigenvalue weighted by Gasteiger charge is -2.33. The monoisotopic (exact) mass is 1600 g/mol. The van der Waals surface area contributed by atoms with E-state index < -0.39 is 168 Å². The number of benzene rings is 3. The standard InChI is InChI=1S/C77H98ClN19O15S/c1-42(2)27-53-69(104)92-58(39-98)76(111)97(6)62(31-45-17-14-25-84-36-45)73(108)90-55(33-48-38-95(4)65-50(48)20-12-21-51(65)78)70(105)87-52(22-9-10-26-85-77(82)112)68(103)89-54(32-47-37-94(3)60-23-8-7-19-49(47)60)71(106)93-59(67(81)102)40-113-41-64(100)86-57(29-43-15-11-18-46(28-43)66(80)101)75(110)96(5)61(30-44-16-13-24-83-35-44)74(109)91-56(34-63(79)99)72(107)88-53/h7-8,11-21,23-25,28,35-38,42,52-59,61-62,66,98,101H,9-10,22,26-27,29-34,39-41,80H2,1-6H3,(H2,79,99)(H2,81,102)(H,86,100)(H,87,105)(H,88,107)(H,89,103)(H,90,108)(H,91,109)(H,92,104)(H,93,106)(H3,82,85,112)/t52-,53-,54-,55-,56-,57+,58-,59-,61-,62-,66?/m0/s1. The molecule has 1 aliphatic rings. The van der Waals surface area contributed by atoms with Crippen LogP contribution in [0, 0.1) is 5.92 Å². The molecule has 1 aliphatic heterocycles. The molecule has 3 aromatic carbocycles. The van der Waals surface area contributed by atoms with Crippen LogP contribution in [0.1, 0.15) is 85.6 Å². The fourth-order valence-corrected chi connectivity index (χ4v) is 14.6. The van der Waals surface area contributed by atoms with E-state index in [2.05, 4.69) is 57.8 Å². The number of aryl methyl sites for hydroxylation is 2. The Kier molecular flexibility index (Phi) is 31.7. The predicted octanol–water partition coefficient (Wildman–Crippen LogP) is -0.907. The molecule has 34 nitrogen and oxygen atoms in total. The SMILES string of the molecule is CC(C)C[C@@H]1NC(=O)[C@H](CC(N)=O)NC(=O)[C@H](Cc2cccnc2)N(C)C(=O)[C@@H](Cc2cccc(C(N)O)c2)NC(=O)CSC[C@@H](C(N)=O)NC(=O)[C@H](Cc2cn(C)c3ccccc23)NC(=O)[C@H](CCCCNC(N)=O)NC(=O)[C@H](Cc2cn(C)c3c(Cl)cccc23)NC(=O)[C@H](Cc2cccnc2)N(C)C(=O)[C@H](CO)NC1=O. The minimum atomic E-state index is -1.86. The summed E-state index contributed by atoms with van der Waals surface area (Å²) in [5, 5.41) is 47.0. The van der Waals surface area contributed by atoms with E-state index >= 15 is 33.6 Å². The number of likely N-dealkylation sites (N-methyl/N-ethyl adjacent to an activating group) is 2. The number of unbranched alkanes of at least 4 members (excludes halogenated alkanes) is 1.